The molecule has 1 fully saturated rings. The molecule has 19 heavy (non-hydrogen) atoms. The Bertz CT molecular complexity index is 440. The Balaban J connectivity index is 2.01. The third-order valence-electron chi connectivity index (χ3n) is 3.77. The van der Waals surface area contributed by atoms with Gasteiger partial charge in [0.15, 0.2) is 0 Å². The van der Waals surface area contributed by atoms with Gasteiger partial charge in [0.05, 0.1) is 6.10 Å². The number of aliphatic hydroxyl groups excluding tert-OH is 1. The summed E-state index contributed by atoms with van der Waals surface area (Å²) in [4.78, 5) is 18.3. The first kappa shape index (κ1) is 13.8. The number of piperidine rings is 1. The van der Waals surface area contributed by atoms with E-state index in [0.717, 1.165) is 12.8 Å². The predicted molar refractivity (Wildman–Crippen MR) is 74.1 cm³/mol. The van der Waals surface area contributed by atoms with E-state index in [1.54, 1.807) is 25.4 Å². The fourth-order valence-electron chi connectivity index (χ4n) is 2.47. The van der Waals surface area contributed by atoms with Crippen molar-refractivity contribution in [1.29, 1.82) is 0 Å². The lowest BCUT2D eigenvalue weighted by atomic mass is 9.92. The van der Waals surface area contributed by atoms with Gasteiger partial charge < -0.3 is 15.3 Å². The minimum atomic E-state index is -0.283. The number of nitrogens with one attached hydrogen (secondary N) is 1. The molecule has 0 spiro atoms. The number of aromatic nitrogens is 1. The van der Waals surface area contributed by atoms with E-state index in [0.29, 0.717) is 30.4 Å². The molecule has 5 nitrogen and oxygen atoms in total. The van der Waals surface area contributed by atoms with E-state index in [-0.39, 0.29) is 12.0 Å². The van der Waals surface area contributed by atoms with Crippen LogP contribution >= 0.6 is 0 Å². The van der Waals surface area contributed by atoms with Gasteiger partial charge in [-0.05, 0) is 37.8 Å². The first-order valence-electron chi connectivity index (χ1n) is 6.73. The lowest BCUT2D eigenvalue weighted by Crippen LogP contribution is -2.40. The molecule has 1 aromatic rings. The number of likely N-dealkylation sites (tertiary alicyclic amines) is 1. The number of hydrogen-bond donors (Lipinski definition) is 2. The molecule has 0 bridgehead atoms. The smallest absolute Gasteiger partial charge is 0.254 e. The SMILES string of the molecule is CNc1cc(C(=O)N2CCC(C(C)O)CC2)ccn1. The lowest BCUT2D eigenvalue weighted by Gasteiger charge is -2.33. The van der Waals surface area contributed by atoms with E-state index in [2.05, 4.69) is 10.3 Å². The molecular formula is C14H21N3O2. The van der Waals surface area contributed by atoms with E-state index in [4.69, 9.17) is 0 Å². The second-order valence-corrected chi connectivity index (χ2v) is 5.05. The number of carbonyl (C=O) groups excluding carboxylic acids is 1. The third kappa shape index (κ3) is 3.23. The zero-order valence-corrected chi connectivity index (χ0v) is 11.5. The molecule has 5 heteroatoms. The molecule has 1 aliphatic rings. The van der Waals surface area contributed by atoms with Crippen LogP contribution in [-0.4, -0.2) is 47.1 Å². The zero-order chi connectivity index (χ0) is 13.8. The second-order valence-electron chi connectivity index (χ2n) is 5.05. The predicted octanol–water partition coefficient (Wildman–Crippen LogP) is 1.36. The van der Waals surface area contributed by atoms with Crippen molar-refractivity contribution in [3.05, 3.63) is 23.9 Å². The standard InChI is InChI=1S/C14H21N3O2/c1-10(18)11-4-7-17(8-5-11)14(19)12-3-6-16-13(9-12)15-2/h3,6,9-11,18H,4-5,7-8H2,1-2H3,(H,15,16). The highest BCUT2D eigenvalue weighted by molar-refractivity contribution is 5.94. The van der Waals surface area contributed by atoms with Crippen LogP contribution in [0.3, 0.4) is 0 Å². The first-order valence-corrected chi connectivity index (χ1v) is 6.73. The maximum absolute atomic E-state index is 12.4. The lowest BCUT2D eigenvalue weighted by molar-refractivity contribution is 0.0521. The number of amides is 1. The first-order chi connectivity index (χ1) is 9.11. The van der Waals surface area contributed by atoms with Crippen LogP contribution in [0.15, 0.2) is 18.3 Å². The number of hydrogen-bond acceptors (Lipinski definition) is 4. The van der Waals surface area contributed by atoms with Gasteiger partial charge in [0.25, 0.3) is 5.91 Å². The molecule has 0 radical (unpaired) electrons. The van der Waals surface area contributed by atoms with Crippen LogP contribution in [0.4, 0.5) is 5.82 Å². The molecule has 1 amide bonds. The molecule has 0 aromatic carbocycles. The number of carbonyl (C=O) groups is 1. The Hall–Kier alpha value is -1.62. The van der Waals surface area contributed by atoms with Crippen LogP contribution in [0.25, 0.3) is 0 Å². The van der Waals surface area contributed by atoms with Gasteiger partial charge in [-0.25, -0.2) is 4.98 Å². The molecule has 1 aliphatic heterocycles. The van der Waals surface area contributed by atoms with Gasteiger partial charge >= 0.3 is 0 Å². The highest BCUT2D eigenvalue weighted by Gasteiger charge is 2.26. The Morgan fingerprint density at radius 1 is 1.53 bits per heavy atom. The molecule has 0 aliphatic carbocycles. The summed E-state index contributed by atoms with van der Waals surface area (Å²) < 4.78 is 0. The van der Waals surface area contributed by atoms with Gasteiger partial charge in [-0.3, -0.25) is 4.79 Å². The molecule has 1 saturated heterocycles. The van der Waals surface area contributed by atoms with E-state index in [1.807, 2.05) is 11.8 Å². The maximum atomic E-state index is 12.4. The fourth-order valence-corrected chi connectivity index (χ4v) is 2.47. The molecule has 2 heterocycles. The van der Waals surface area contributed by atoms with Crippen molar-refractivity contribution in [1.82, 2.24) is 9.88 Å². The molecule has 1 atom stereocenters. The Labute approximate surface area is 113 Å². The van der Waals surface area contributed by atoms with Crippen LogP contribution in [-0.2, 0) is 0 Å². The molecule has 1 unspecified atom stereocenters. The van der Waals surface area contributed by atoms with Gasteiger partial charge in [-0.15, -0.1) is 0 Å². The highest BCUT2D eigenvalue weighted by Crippen LogP contribution is 2.22. The van der Waals surface area contributed by atoms with Crippen LogP contribution in [0, 0.1) is 5.92 Å². The van der Waals surface area contributed by atoms with Gasteiger partial charge in [-0.1, -0.05) is 0 Å². The molecular weight excluding hydrogens is 242 g/mol. The van der Waals surface area contributed by atoms with E-state index >= 15 is 0 Å². The minimum absolute atomic E-state index is 0.0444. The normalized spacial score (nSPS) is 18.2. The van der Waals surface area contributed by atoms with Crippen molar-refractivity contribution in [2.24, 2.45) is 5.92 Å². The quantitative estimate of drug-likeness (QED) is 0.864. The van der Waals surface area contributed by atoms with E-state index < -0.39 is 0 Å². The van der Waals surface area contributed by atoms with E-state index in [9.17, 15) is 9.90 Å². The molecule has 2 rings (SSSR count). The Morgan fingerprint density at radius 2 is 2.21 bits per heavy atom. The average Bonchev–Trinajstić information content (AvgIpc) is 2.46. The number of anilines is 1. The summed E-state index contributed by atoms with van der Waals surface area (Å²) in [6, 6.07) is 3.51. The van der Waals surface area contributed by atoms with Crippen LogP contribution in [0.5, 0.6) is 0 Å². The monoisotopic (exact) mass is 263 g/mol. The van der Waals surface area contributed by atoms with Crippen molar-refractivity contribution < 1.29 is 9.90 Å². The number of pyridine rings is 1. The maximum Gasteiger partial charge on any atom is 0.254 e. The number of aliphatic hydroxyl groups is 1. The Morgan fingerprint density at radius 3 is 2.79 bits per heavy atom. The summed E-state index contributed by atoms with van der Waals surface area (Å²) in [6.45, 7) is 3.25. The van der Waals surface area contributed by atoms with Gasteiger partial charge in [0, 0.05) is 31.9 Å². The summed E-state index contributed by atoms with van der Waals surface area (Å²) in [5, 5.41) is 12.5. The summed E-state index contributed by atoms with van der Waals surface area (Å²) in [7, 11) is 1.78. The third-order valence-corrected chi connectivity index (χ3v) is 3.77. The summed E-state index contributed by atoms with van der Waals surface area (Å²) in [6.07, 6.45) is 3.09. The summed E-state index contributed by atoms with van der Waals surface area (Å²) >= 11 is 0. The molecule has 2 N–H and O–H groups in total. The zero-order valence-electron chi connectivity index (χ0n) is 11.5. The topological polar surface area (TPSA) is 65.5 Å². The van der Waals surface area contributed by atoms with Crippen molar-refractivity contribution in [3.8, 4) is 0 Å². The van der Waals surface area contributed by atoms with Crippen LogP contribution in [0.2, 0.25) is 0 Å². The van der Waals surface area contributed by atoms with Gasteiger partial charge in [-0.2, -0.15) is 0 Å². The van der Waals surface area contributed by atoms with Crippen LogP contribution in [0.1, 0.15) is 30.1 Å². The van der Waals surface area contributed by atoms with Crippen molar-refractivity contribution >= 4 is 11.7 Å². The van der Waals surface area contributed by atoms with Crippen molar-refractivity contribution in [3.63, 3.8) is 0 Å². The van der Waals surface area contributed by atoms with Crippen molar-refractivity contribution in [2.45, 2.75) is 25.9 Å². The number of nitrogens with zero attached hydrogens (tertiary/aromatic N) is 2. The molecule has 0 saturated carbocycles. The summed E-state index contributed by atoms with van der Waals surface area (Å²) in [5.41, 5.74) is 0.662. The van der Waals surface area contributed by atoms with Gasteiger partial charge in [0.2, 0.25) is 0 Å². The van der Waals surface area contributed by atoms with Crippen LogP contribution < -0.4 is 5.32 Å². The van der Waals surface area contributed by atoms with Crippen molar-refractivity contribution in [2.75, 3.05) is 25.5 Å². The molecule has 104 valence electrons. The minimum Gasteiger partial charge on any atom is -0.393 e. The average molecular weight is 263 g/mol. The molecule has 1 aromatic heterocycles. The fraction of sp³-hybridized carbons (Fsp3) is 0.571. The van der Waals surface area contributed by atoms with E-state index in [1.165, 1.54) is 0 Å². The number of rotatable bonds is 3. The summed E-state index contributed by atoms with van der Waals surface area (Å²) in [5.74, 6) is 1.06. The largest absolute Gasteiger partial charge is 0.393 e. The Kier molecular flexibility index (Phi) is 4.37. The second kappa shape index (κ2) is 6.02. The highest BCUT2D eigenvalue weighted by atomic mass is 16.3. The van der Waals surface area contributed by atoms with Gasteiger partial charge in [0.1, 0.15) is 5.82 Å².